The molecule has 1 amide bonds. The summed E-state index contributed by atoms with van der Waals surface area (Å²) in [5.41, 5.74) is 7.75. The first-order valence-corrected chi connectivity index (χ1v) is 10.9. The highest BCUT2D eigenvalue weighted by Gasteiger charge is 2.21. The Balaban J connectivity index is 2.21. The monoisotopic (exact) mass is 430 g/mol. The minimum Gasteiger partial charge on any atom is -0.396 e. The number of aromatic nitrogens is 1. The number of amides is 1. The zero-order valence-corrected chi connectivity index (χ0v) is 16.9. The normalized spacial score (nSPS) is 11.4. The number of benzene rings is 2. The van der Waals surface area contributed by atoms with Gasteiger partial charge in [0, 0.05) is 34.5 Å². The van der Waals surface area contributed by atoms with Gasteiger partial charge in [0.05, 0.1) is 16.3 Å². The lowest BCUT2D eigenvalue weighted by Gasteiger charge is -2.14. The quantitative estimate of drug-likeness (QED) is 0.597. The van der Waals surface area contributed by atoms with E-state index in [1.54, 1.807) is 36.5 Å². The molecule has 0 atom stereocenters. The zero-order chi connectivity index (χ0) is 21.0. The first kappa shape index (κ1) is 21.0. The number of nitrogens with two attached hydrogens (primary N) is 1. The molecule has 6 nitrogen and oxygen atoms in total. The highest BCUT2D eigenvalue weighted by Crippen LogP contribution is 2.35. The van der Waals surface area contributed by atoms with Gasteiger partial charge in [-0.05, 0) is 54.4 Å². The van der Waals surface area contributed by atoms with Crippen molar-refractivity contribution in [3.05, 3.63) is 71.4 Å². The predicted octanol–water partition coefficient (Wildman–Crippen LogP) is 3.32. The topological polar surface area (TPSA) is 110 Å². The van der Waals surface area contributed by atoms with Crippen LogP contribution in [0.2, 0.25) is 5.02 Å². The minimum absolute atomic E-state index is 0.0604. The van der Waals surface area contributed by atoms with E-state index in [9.17, 15) is 13.2 Å². The number of nitrogens with zero attached hydrogens (tertiary/aromatic N) is 1. The molecule has 0 unspecified atom stereocenters. The number of carbonyl (C=O) groups excluding carboxylic acids is 1. The van der Waals surface area contributed by atoms with E-state index in [1.807, 2.05) is 6.07 Å². The van der Waals surface area contributed by atoms with Gasteiger partial charge >= 0.3 is 0 Å². The van der Waals surface area contributed by atoms with E-state index < -0.39 is 15.7 Å². The summed E-state index contributed by atoms with van der Waals surface area (Å²) in [4.78, 5) is 16.0. The molecular formula is C21H19ClN2O4S. The van der Waals surface area contributed by atoms with Gasteiger partial charge in [-0.3, -0.25) is 9.78 Å². The molecule has 3 N–H and O–H groups in total. The van der Waals surface area contributed by atoms with Gasteiger partial charge in [-0.25, -0.2) is 8.42 Å². The van der Waals surface area contributed by atoms with Crippen LogP contribution >= 0.6 is 11.6 Å². The first-order chi connectivity index (χ1) is 13.8. The summed E-state index contributed by atoms with van der Waals surface area (Å²) in [6.45, 7) is -0.237. The zero-order valence-electron chi connectivity index (χ0n) is 15.4. The number of aliphatic hydroxyl groups is 1. The Morgan fingerprint density at radius 3 is 2.52 bits per heavy atom. The first-order valence-electron chi connectivity index (χ1n) is 8.82. The second-order valence-electron chi connectivity index (χ2n) is 6.38. The maximum atomic E-state index is 12.8. The lowest BCUT2D eigenvalue weighted by molar-refractivity contribution is 0.1000. The Labute approximate surface area is 173 Å². The summed E-state index contributed by atoms with van der Waals surface area (Å²) in [7, 11) is -3.69. The van der Waals surface area contributed by atoms with Crippen molar-refractivity contribution in [2.24, 2.45) is 5.73 Å². The maximum absolute atomic E-state index is 12.8. The van der Waals surface area contributed by atoms with Crippen LogP contribution in [0.15, 0.2) is 65.7 Å². The van der Waals surface area contributed by atoms with E-state index in [1.165, 1.54) is 18.2 Å². The van der Waals surface area contributed by atoms with Crippen molar-refractivity contribution < 1.29 is 18.3 Å². The lowest BCUT2D eigenvalue weighted by Crippen LogP contribution is -2.14. The SMILES string of the molecule is NC(=O)c1ccc(S(=O)(=O)CCCO)c(-c2ccc(Cl)c(-c3ccccn3)c2)c1. The van der Waals surface area contributed by atoms with Crippen molar-refractivity contribution >= 4 is 27.3 Å². The third-order valence-corrected chi connectivity index (χ3v) is 6.57. The molecule has 0 aliphatic carbocycles. The molecule has 8 heteroatoms. The van der Waals surface area contributed by atoms with E-state index in [0.29, 0.717) is 27.4 Å². The standard InChI is InChI=1S/C21H19ClN2O4S/c22-18-7-5-14(12-17(18)19-4-1-2-9-24-19)16-13-15(21(23)26)6-8-20(16)29(27,28)11-3-10-25/h1-2,4-9,12-13,25H,3,10-11H2,(H2,23,26). The number of hydrogen-bond donors (Lipinski definition) is 2. The summed E-state index contributed by atoms with van der Waals surface area (Å²) in [5, 5.41) is 9.49. The summed E-state index contributed by atoms with van der Waals surface area (Å²) < 4.78 is 25.6. The third kappa shape index (κ3) is 4.64. The molecule has 0 saturated carbocycles. The van der Waals surface area contributed by atoms with Crippen molar-refractivity contribution in [1.82, 2.24) is 4.98 Å². The summed E-state index contributed by atoms with van der Waals surface area (Å²) >= 11 is 6.34. The lowest BCUT2D eigenvalue weighted by atomic mass is 9.99. The van der Waals surface area contributed by atoms with Crippen LogP contribution in [0.5, 0.6) is 0 Å². The fraction of sp³-hybridized carbons (Fsp3) is 0.143. The van der Waals surface area contributed by atoms with Crippen molar-refractivity contribution in [3.63, 3.8) is 0 Å². The molecule has 0 saturated heterocycles. The van der Waals surface area contributed by atoms with Crippen molar-refractivity contribution in [1.29, 1.82) is 0 Å². The van der Waals surface area contributed by atoms with Gasteiger partial charge in [-0.1, -0.05) is 23.7 Å². The molecule has 3 rings (SSSR count). The number of primary amides is 1. The van der Waals surface area contributed by atoms with E-state index in [2.05, 4.69) is 4.98 Å². The van der Waals surface area contributed by atoms with E-state index in [0.717, 1.165) is 0 Å². The Morgan fingerprint density at radius 2 is 1.86 bits per heavy atom. The Kier molecular flexibility index (Phi) is 6.32. The molecule has 2 aromatic carbocycles. The molecule has 0 spiro atoms. The van der Waals surface area contributed by atoms with Crippen LogP contribution < -0.4 is 5.73 Å². The van der Waals surface area contributed by atoms with Gasteiger partial charge in [0.15, 0.2) is 9.84 Å². The fourth-order valence-electron chi connectivity index (χ4n) is 2.96. The average Bonchev–Trinajstić information content (AvgIpc) is 2.73. The summed E-state index contributed by atoms with van der Waals surface area (Å²) in [6.07, 6.45) is 1.75. The molecule has 0 aliphatic rings. The number of carbonyl (C=O) groups is 1. The number of rotatable bonds is 7. The molecule has 0 radical (unpaired) electrons. The molecular weight excluding hydrogens is 412 g/mol. The van der Waals surface area contributed by atoms with Gasteiger partial charge < -0.3 is 10.8 Å². The molecule has 3 aromatic rings. The molecule has 1 aromatic heterocycles. The second kappa shape index (κ2) is 8.73. The van der Waals surface area contributed by atoms with Crippen LogP contribution in [-0.2, 0) is 9.84 Å². The fourth-order valence-corrected chi connectivity index (χ4v) is 4.69. The van der Waals surface area contributed by atoms with Gasteiger partial charge in [0.2, 0.25) is 5.91 Å². The highest BCUT2D eigenvalue weighted by atomic mass is 35.5. The predicted molar refractivity (Wildman–Crippen MR) is 112 cm³/mol. The molecule has 1 heterocycles. The summed E-state index contributed by atoms with van der Waals surface area (Å²) in [6, 6.07) is 14.7. The minimum atomic E-state index is -3.69. The number of halogens is 1. The Hall–Kier alpha value is -2.74. The largest absolute Gasteiger partial charge is 0.396 e. The number of pyridine rings is 1. The van der Waals surface area contributed by atoms with Crippen LogP contribution in [0.1, 0.15) is 16.8 Å². The number of aliphatic hydroxyl groups excluding tert-OH is 1. The molecule has 29 heavy (non-hydrogen) atoms. The average molecular weight is 431 g/mol. The van der Waals surface area contributed by atoms with Crippen molar-refractivity contribution in [2.75, 3.05) is 12.4 Å². The Bertz CT molecular complexity index is 1150. The smallest absolute Gasteiger partial charge is 0.248 e. The molecule has 0 aliphatic heterocycles. The number of hydrogen-bond acceptors (Lipinski definition) is 5. The molecule has 150 valence electrons. The van der Waals surface area contributed by atoms with Crippen molar-refractivity contribution in [2.45, 2.75) is 11.3 Å². The van der Waals surface area contributed by atoms with Crippen LogP contribution in [0.25, 0.3) is 22.4 Å². The van der Waals surface area contributed by atoms with Crippen LogP contribution in [0.3, 0.4) is 0 Å². The van der Waals surface area contributed by atoms with Crippen LogP contribution in [0, 0.1) is 0 Å². The Morgan fingerprint density at radius 1 is 1.07 bits per heavy atom. The molecule has 0 fully saturated rings. The maximum Gasteiger partial charge on any atom is 0.248 e. The third-order valence-electron chi connectivity index (χ3n) is 4.39. The van der Waals surface area contributed by atoms with Gasteiger partial charge in [-0.2, -0.15) is 0 Å². The van der Waals surface area contributed by atoms with E-state index in [4.69, 9.17) is 22.4 Å². The summed E-state index contributed by atoms with van der Waals surface area (Å²) in [5.74, 6) is -0.878. The second-order valence-corrected chi connectivity index (χ2v) is 8.87. The van der Waals surface area contributed by atoms with E-state index >= 15 is 0 Å². The van der Waals surface area contributed by atoms with Crippen LogP contribution in [0.4, 0.5) is 0 Å². The van der Waals surface area contributed by atoms with Crippen molar-refractivity contribution in [3.8, 4) is 22.4 Å². The highest BCUT2D eigenvalue weighted by molar-refractivity contribution is 7.91. The van der Waals surface area contributed by atoms with E-state index in [-0.39, 0.29) is 29.2 Å². The number of sulfone groups is 1. The van der Waals surface area contributed by atoms with Gasteiger partial charge in [-0.15, -0.1) is 0 Å². The van der Waals surface area contributed by atoms with Gasteiger partial charge in [0.1, 0.15) is 0 Å². The van der Waals surface area contributed by atoms with Gasteiger partial charge in [0.25, 0.3) is 0 Å². The van der Waals surface area contributed by atoms with Crippen LogP contribution in [-0.4, -0.2) is 36.8 Å². The molecule has 0 bridgehead atoms.